The van der Waals surface area contributed by atoms with Crippen molar-refractivity contribution in [2.75, 3.05) is 19.7 Å². The highest BCUT2D eigenvalue weighted by molar-refractivity contribution is 5.89. The summed E-state index contributed by atoms with van der Waals surface area (Å²) in [5.74, 6) is -2.41. The van der Waals surface area contributed by atoms with Gasteiger partial charge in [-0.15, -0.1) is 0 Å². The number of carboxylic acid groups (broad SMARTS) is 1. The van der Waals surface area contributed by atoms with E-state index >= 15 is 0 Å². The van der Waals surface area contributed by atoms with Gasteiger partial charge in [-0.05, 0) is 19.3 Å². The number of hydrogen-bond donors (Lipinski definition) is 2. The van der Waals surface area contributed by atoms with Crippen molar-refractivity contribution in [3.8, 4) is 0 Å². The lowest BCUT2D eigenvalue weighted by Crippen LogP contribution is -2.47. The summed E-state index contributed by atoms with van der Waals surface area (Å²) in [6, 6.07) is 0. The Labute approximate surface area is 98.5 Å². The summed E-state index contributed by atoms with van der Waals surface area (Å²) in [6.45, 7) is -0.458. The molecule has 0 aliphatic carbocycles. The van der Waals surface area contributed by atoms with E-state index in [-0.39, 0.29) is 0 Å². The third-order valence-electron chi connectivity index (χ3n) is 2.44. The Morgan fingerprint density at radius 1 is 1.29 bits per heavy atom. The molecule has 7 nitrogen and oxygen atoms in total. The maximum absolute atomic E-state index is 11.9. The summed E-state index contributed by atoms with van der Waals surface area (Å²) in [7, 11) is 0. The molecule has 1 saturated heterocycles. The Morgan fingerprint density at radius 2 is 2.00 bits per heavy atom. The minimum atomic E-state index is -1.18. The van der Waals surface area contributed by atoms with Crippen LogP contribution in [0.5, 0.6) is 0 Å². The number of amides is 2. The van der Waals surface area contributed by atoms with E-state index in [1.165, 1.54) is 0 Å². The summed E-state index contributed by atoms with van der Waals surface area (Å²) in [6.07, 6.45) is 1.64. The lowest BCUT2D eigenvalue weighted by Gasteiger charge is -2.27. The number of hydrogen-bond acceptors (Lipinski definition) is 4. The standard InChI is InChI=1S/C10H16N2O5/c11-8(13)5-12(6-9(14)15)10(16)7-3-1-2-4-17-7/h7H,1-6H2,(H2,11,13)(H,14,15). The zero-order valence-electron chi connectivity index (χ0n) is 9.42. The zero-order valence-corrected chi connectivity index (χ0v) is 9.42. The van der Waals surface area contributed by atoms with Crippen molar-refractivity contribution in [2.45, 2.75) is 25.4 Å². The van der Waals surface area contributed by atoms with Crippen LogP contribution in [0.15, 0.2) is 0 Å². The number of ether oxygens (including phenoxy) is 1. The second-order valence-corrected chi connectivity index (χ2v) is 3.91. The lowest BCUT2D eigenvalue weighted by molar-refractivity contribution is -0.153. The van der Waals surface area contributed by atoms with Gasteiger partial charge in [-0.2, -0.15) is 0 Å². The normalized spacial score (nSPS) is 19.6. The largest absolute Gasteiger partial charge is 0.480 e. The molecule has 1 rings (SSSR count). The van der Waals surface area contributed by atoms with Crippen molar-refractivity contribution in [3.63, 3.8) is 0 Å². The Kier molecular flexibility index (Phi) is 4.89. The van der Waals surface area contributed by atoms with Crippen molar-refractivity contribution >= 4 is 17.8 Å². The molecule has 1 aliphatic rings. The molecule has 1 atom stereocenters. The first kappa shape index (κ1) is 13.4. The molecule has 3 N–H and O–H groups in total. The first-order valence-corrected chi connectivity index (χ1v) is 5.41. The van der Waals surface area contributed by atoms with Gasteiger partial charge in [0.2, 0.25) is 5.91 Å². The molecule has 0 aromatic heterocycles. The summed E-state index contributed by atoms with van der Waals surface area (Å²) in [4.78, 5) is 34.2. The molecule has 0 spiro atoms. The molecule has 17 heavy (non-hydrogen) atoms. The average Bonchev–Trinajstić information content (AvgIpc) is 2.27. The fourth-order valence-electron chi connectivity index (χ4n) is 1.70. The van der Waals surface area contributed by atoms with Crippen LogP contribution in [0, 0.1) is 0 Å². The average molecular weight is 244 g/mol. The minimum Gasteiger partial charge on any atom is -0.480 e. The van der Waals surface area contributed by atoms with Crippen LogP contribution in [0.1, 0.15) is 19.3 Å². The first-order chi connectivity index (χ1) is 8.00. The Hall–Kier alpha value is -1.63. The number of primary amides is 1. The number of nitrogens with zero attached hydrogens (tertiary/aromatic N) is 1. The molecule has 1 fully saturated rings. The fourth-order valence-corrected chi connectivity index (χ4v) is 1.70. The second kappa shape index (κ2) is 6.19. The summed E-state index contributed by atoms with van der Waals surface area (Å²) >= 11 is 0. The SMILES string of the molecule is NC(=O)CN(CC(=O)O)C(=O)C1CCCCO1. The van der Waals surface area contributed by atoms with E-state index in [1.807, 2.05) is 0 Å². The molecule has 1 heterocycles. The van der Waals surface area contributed by atoms with Crippen LogP contribution >= 0.6 is 0 Å². The molecule has 96 valence electrons. The molecule has 1 aliphatic heterocycles. The molecule has 0 radical (unpaired) electrons. The molecule has 7 heteroatoms. The van der Waals surface area contributed by atoms with Crippen molar-refractivity contribution in [3.05, 3.63) is 0 Å². The maximum Gasteiger partial charge on any atom is 0.323 e. The summed E-state index contributed by atoms with van der Waals surface area (Å²) in [5, 5.41) is 8.66. The number of carbonyl (C=O) groups is 3. The van der Waals surface area contributed by atoms with Gasteiger partial charge in [-0.3, -0.25) is 14.4 Å². The van der Waals surface area contributed by atoms with Crippen LogP contribution in [0.2, 0.25) is 0 Å². The van der Waals surface area contributed by atoms with E-state index in [0.29, 0.717) is 13.0 Å². The van der Waals surface area contributed by atoms with E-state index < -0.39 is 37.0 Å². The van der Waals surface area contributed by atoms with Gasteiger partial charge in [-0.25, -0.2) is 0 Å². The highest BCUT2D eigenvalue weighted by atomic mass is 16.5. The van der Waals surface area contributed by atoms with Gasteiger partial charge in [0.25, 0.3) is 5.91 Å². The number of nitrogens with two attached hydrogens (primary N) is 1. The molecular formula is C10H16N2O5. The smallest absolute Gasteiger partial charge is 0.323 e. The molecule has 0 aromatic rings. The van der Waals surface area contributed by atoms with Crippen molar-refractivity contribution in [1.29, 1.82) is 0 Å². The van der Waals surface area contributed by atoms with Gasteiger partial charge in [0.1, 0.15) is 19.2 Å². The third kappa shape index (κ3) is 4.39. The lowest BCUT2D eigenvalue weighted by atomic mass is 10.1. The Morgan fingerprint density at radius 3 is 2.47 bits per heavy atom. The monoisotopic (exact) mass is 244 g/mol. The predicted molar refractivity (Wildman–Crippen MR) is 57.0 cm³/mol. The van der Waals surface area contributed by atoms with Crippen molar-refractivity contribution in [1.82, 2.24) is 4.90 Å². The number of carboxylic acids is 1. The van der Waals surface area contributed by atoms with Gasteiger partial charge in [0.05, 0.1) is 0 Å². The van der Waals surface area contributed by atoms with Gasteiger partial charge < -0.3 is 20.5 Å². The molecular weight excluding hydrogens is 228 g/mol. The number of rotatable bonds is 5. The molecule has 0 saturated carbocycles. The molecule has 1 unspecified atom stereocenters. The van der Waals surface area contributed by atoms with Crippen molar-refractivity contribution in [2.24, 2.45) is 5.73 Å². The van der Waals surface area contributed by atoms with Crippen LogP contribution in [-0.2, 0) is 19.1 Å². The molecule has 0 aromatic carbocycles. The van der Waals surface area contributed by atoms with Gasteiger partial charge in [0, 0.05) is 6.61 Å². The Balaban J connectivity index is 2.63. The van der Waals surface area contributed by atoms with Gasteiger partial charge in [0.15, 0.2) is 0 Å². The van der Waals surface area contributed by atoms with Crippen molar-refractivity contribution < 1.29 is 24.2 Å². The minimum absolute atomic E-state index is 0.398. The molecule has 2 amide bonds. The van der Waals surface area contributed by atoms with E-state index in [2.05, 4.69) is 0 Å². The van der Waals surface area contributed by atoms with Crippen LogP contribution in [0.4, 0.5) is 0 Å². The van der Waals surface area contributed by atoms with Crippen LogP contribution in [0.25, 0.3) is 0 Å². The maximum atomic E-state index is 11.9. The Bertz CT molecular complexity index is 296. The quantitative estimate of drug-likeness (QED) is 0.641. The van der Waals surface area contributed by atoms with Crippen LogP contribution < -0.4 is 5.73 Å². The second-order valence-electron chi connectivity index (χ2n) is 3.91. The number of aliphatic carboxylic acids is 1. The van der Waals surface area contributed by atoms with E-state index in [9.17, 15) is 14.4 Å². The van der Waals surface area contributed by atoms with E-state index in [0.717, 1.165) is 17.7 Å². The summed E-state index contributed by atoms with van der Waals surface area (Å²) < 4.78 is 5.25. The van der Waals surface area contributed by atoms with E-state index in [4.69, 9.17) is 15.6 Å². The third-order valence-corrected chi connectivity index (χ3v) is 2.44. The fraction of sp³-hybridized carbons (Fsp3) is 0.700. The van der Waals surface area contributed by atoms with E-state index in [1.54, 1.807) is 0 Å². The predicted octanol–water partition coefficient (Wildman–Crippen LogP) is -1.05. The number of carbonyl (C=O) groups excluding carboxylic acids is 2. The molecule has 0 bridgehead atoms. The highest BCUT2D eigenvalue weighted by Crippen LogP contribution is 2.14. The topological polar surface area (TPSA) is 110 Å². The van der Waals surface area contributed by atoms with Gasteiger partial charge >= 0.3 is 5.97 Å². The van der Waals surface area contributed by atoms with Crippen LogP contribution in [0.3, 0.4) is 0 Å². The van der Waals surface area contributed by atoms with Gasteiger partial charge in [-0.1, -0.05) is 0 Å². The summed E-state index contributed by atoms with van der Waals surface area (Å²) in [5.41, 5.74) is 4.97. The van der Waals surface area contributed by atoms with Crippen LogP contribution in [-0.4, -0.2) is 53.6 Å². The highest BCUT2D eigenvalue weighted by Gasteiger charge is 2.28. The zero-order chi connectivity index (χ0) is 12.8. The first-order valence-electron chi connectivity index (χ1n) is 5.41.